The maximum Gasteiger partial charge on any atom is 0.128 e. The fourth-order valence-corrected chi connectivity index (χ4v) is 1.14. The molecule has 0 bridgehead atoms. The summed E-state index contributed by atoms with van der Waals surface area (Å²) >= 11 is 0. The number of hydrogen-bond donors (Lipinski definition) is 2. The average Bonchev–Trinajstić information content (AvgIpc) is 2.67. The molecule has 0 saturated heterocycles. The fourth-order valence-electron chi connectivity index (χ4n) is 1.14. The van der Waals surface area contributed by atoms with Crippen LogP contribution in [0.25, 0.3) is 0 Å². The molecule has 0 aliphatic rings. The van der Waals surface area contributed by atoms with Crippen LogP contribution in [-0.2, 0) is 6.54 Å². The molecule has 4 heteroatoms. The van der Waals surface area contributed by atoms with Gasteiger partial charge in [0.1, 0.15) is 11.6 Å². The molecule has 2 aromatic rings. The zero-order valence-corrected chi connectivity index (χ0v) is 7.60. The quantitative estimate of drug-likeness (QED) is 0.773. The maximum atomic E-state index is 5.54. The van der Waals surface area contributed by atoms with Gasteiger partial charge in [-0.25, -0.2) is 4.98 Å². The maximum absolute atomic E-state index is 5.54. The Labute approximate surface area is 81.8 Å². The monoisotopic (exact) mass is 189 g/mol. The van der Waals surface area contributed by atoms with Crippen LogP contribution in [-0.4, -0.2) is 4.98 Å². The summed E-state index contributed by atoms with van der Waals surface area (Å²) in [6, 6.07) is 7.39. The van der Waals surface area contributed by atoms with Gasteiger partial charge in [-0.15, -0.1) is 0 Å². The van der Waals surface area contributed by atoms with Crippen LogP contribution >= 0.6 is 0 Å². The molecule has 0 radical (unpaired) electrons. The van der Waals surface area contributed by atoms with Crippen LogP contribution in [0.5, 0.6) is 0 Å². The number of nitrogen functional groups attached to an aromatic ring is 1. The van der Waals surface area contributed by atoms with Crippen molar-refractivity contribution >= 4 is 11.6 Å². The zero-order chi connectivity index (χ0) is 9.80. The van der Waals surface area contributed by atoms with E-state index in [1.807, 2.05) is 18.2 Å². The number of aromatic nitrogens is 1. The van der Waals surface area contributed by atoms with Gasteiger partial charge in [-0.1, -0.05) is 6.07 Å². The second-order valence-corrected chi connectivity index (χ2v) is 2.93. The van der Waals surface area contributed by atoms with Gasteiger partial charge in [0.15, 0.2) is 0 Å². The minimum atomic E-state index is 0.516. The average molecular weight is 189 g/mol. The van der Waals surface area contributed by atoms with Crippen molar-refractivity contribution < 1.29 is 4.42 Å². The molecule has 0 atom stereocenters. The normalized spacial score (nSPS) is 10.0. The summed E-state index contributed by atoms with van der Waals surface area (Å²) in [5.41, 5.74) is 6.62. The predicted molar refractivity (Wildman–Crippen MR) is 54.7 cm³/mol. The van der Waals surface area contributed by atoms with Gasteiger partial charge in [0, 0.05) is 12.1 Å². The highest BCUT2D eigenvalue weighted by Gasteiger charge is 1.96. The van der Waals surface area contributed by atoms with Gasteiger partial charge in [-0.2, -0.15) is 0 Å². The van der Waals surface area contributed by atoms with E-state index in [4.69, 9.17) is 10.2 Å². The molecule has 0 aliphatic carbocycles. The third-order valence-corrected chi connectivity index (χ3v) is 1.82. The molecular formula is C10H11N3O. The van der Waals surface area contributed by atoms with E-state index in [2.05, 4.69) is 10.3 Å². The van der Waals surface area contributed by atoms with Crippen molar-refractivity contribution in [1.29, 1.82) is 0 Å². The lowest BCUT2D eigenvalue weighted by Gasteiger charge is -2.03. The van der Waals surface area contributed by atoms with Crippen molar-refractivity contribution in [2.45, 2.75) is 6.54 Å². The number of furan rings is 1. The van der Waals surface area contributed by atoms with E-state index in [0.717, 1.165) is 11.4 Å². The van der Waals surface area contributed by atoms with Gasteiger partial charge >= 0.3 is 0 Å². The van der Waals surface area contributed by atoms with Gasteiger partial charge in [0.2, 0.25) is 0 Å². The topological polar surface area (TPSA) is 64.1 Å². The first-order chi connectivity index (χ1) is 6.84. The van der Waals surface area contributed by atoms with Crippen molar-refractivity contribution in [3.63, 3.8) is 0 Å². The Kier molecular flexibility index (Phi) is 2.36. The summed E-state index contributed by atoms with van der Waals surface area (Å²) in [7, 11) is 0. The first kappa shape index (κ1) is 8.62. The molecule has 4 nitrogen and oxygen atoms in total. The standard InChI is InChI=1S/C10H11N3O/c11-9-2-1-3-10(13-9)12-6-8-4-5-14-7-8/h1-5,7H,6H2,(H3,11,12,13). The molecule has 2 heterocycles. The summed E-state index contributed by atoms with van der Waals surface area (Å²) in [6.45, 7) is 0.687. The molecule has 0 spiro atoms. The Bertz CT molecular complexity index is 398. The Morgan fingerprint density at radius 2 is 2.29 bits per heavy atom. The van der Waals surface area contributed by atoms with E-state index in [1.165, 1.54) is 0 Å². The molecule has 0 fully saturated rings. The molecule has 72 valence electrons. The highest BCUT2D eigenvalue weighted by Crippen LogP contribution is 2.08. The van der Waals surface area contributed by atoms with Gasteiger partial charge in [-0.05, 0) is 18.2 Å². The number of nitrogens with one attached hydrogen (secondary N) is 1. The molecule has 0 amide bonds. The summed E-state index contributed by atoms with van der Waals surface area (Å²) in [5.74, 6) is 1.29. The van der Waals surface area contributed by atoms with Crippen molar-refractivity contribution in [2.75, 3.05) is 11.1 Å². The number of rotatable bonds is 3. The fraction of sp³-hybridized carbons (Fsp3) is 0.100. The van der Waals surface area contributed by atoms with Gasteiger partial charge in [0.25, 0.3) is 0 Å². The number of nitrogens with zero attached hydrogens (tertiary/aromatic N) is 1. The predicted octanol–water partition coefficient (Wildman–Crippen LogP) is 1.87. The summed E-state index contributed by atoms with van der Waals surface area (Å²) in [5, 5.41) is 3.14. The summed E-state index contributed by atoms with van der Waals surface area (Å²) in [6.07, 6.45) is 3.34. The molecule has 0 saturated carbocycles. The van der Waals surface area contributed by atoms with Crippen molar-refractivity contribution in [3.05, 3.63) is 42.4 Å². The lowest BCUT2D eigenvalue weighted by molar-refractivity contribution is 0.564. The summed E-state index contributed by atoms with van der Waals surface area (Å²) < 4.78 is 4.94. The molecule has 0 unspecified atom stereocenters. The second-order valence-electron chi connectivity index (χ2n) is 2.93. The smallest absolute Gasteiger partial charge is 0.128 e. The van der Waals surface area contributed by atoms with Crippen LogP contribution in [0.4, 0.5) is 11.6 Å². The largest absolute Gasteiger partial charge is 0.472 e. The third kappa shape index (κ3) is 2.04. The highest BCUT2D eigenvalue weighted by molar-refractivity contribution is 5.42. The Hall–Kier alpha value is -1.97. The number of nitrogens with two attached hydrogens (primary N) is 1. The van der Waals surface area contributed by atoms with E-state index in [-0.39, 0.29) is 0 Å². The van der Waals surface area contributed by atoms with Crippen LogP contribution in [0.15, 0.2) is 41.2 Å². The van der Waals surface area contributed by atoms with Crippen molar-refractivity contribution in [1.82, 2.24) is 4.98 Å². The minimum Gasteiger partial charge on any atom is -0.472 e. The summed E-state index contributed by atoms with van der Waals surface area (Å²) in [4.78, 5) is 4.11. The first-order valence-corrected chi connectivity index (χ1v) is 4.32. The molecular weight excluding hydrogens is 178 g/mol. The lowest BCUT2D eigenvalue weighted by Crippen LogP contribution is -2.01. The SMILES string of the molecule is Nc1cccc(NCc2ccoc2)n1. The van der Waals surface area contributed by atoms with E-state index in [0.29, 0.717) is 12.4 Å². The third-order valence-electron chi connectivity index (χ3n) is 1.82. The minimum absolute atomic E-state index is 0.516. The number of anilines is 2. The van der Waals surface area contributed by atoms with E-state index < -0.39 is 0 Å². The lowest BCUT2D eigenvalue weighted by atomic mass is 10.3. The molecule has 2 aromatic heterocycles. The number of pyridine rings is 1. The first-order valence-electron chi connectivity index (χ1n) is 4.32. The zero-order valence-electron chi connectivity index (χ0n) is 7.60. The molecule has 0 aromatic carbocycles. The molecule has 14 heavy (non-hydrogen) atoms. The van der Waals surface area contributed by atoms with Crippen molar-refractivity contribution in [3.8, 4) is 0 Å². The van der Waals surface area contributed by atoms with Crippen LogP contribution in [0.2, 0.25) is 0 Å². The van der Waals surface area contributed by atoms with Gasteiger partial charge in [-0.3, -0.25) is 0 Å². The van der Waals surface area contributed by atoms with Crippen LogP contribution < -0.4 is 11.1 Å². The molecule has 2 rings (SSSR count). The number of hydrogen-bond acceptors (Lipinski definition) is 4. The second kappa shape index (κ2) is 3.83. The Morgan fingerprint density at radius 3 is 3.00 bits per heavy atom. The van der Waals surface area contributed by atoms with E-state index >= 15 is 0 Å². The Morgan fingerprint density at radius 1 is 1.36 bits per heavy atom. The Balaban J connectivity index is 1.98. The highest BCUT2D eigenvalue weighted by atomic mass is 16.3. The van der Waals surface area contributed by atoms with Crippen molar-refractivity contribution in [2.24, 2.45) is 0 Å². The van der Waals surface area contributed by atoms with Crippen LogP contribution in [0, 0.1) is 0 Å². The van der Waals surface area contributed by atoms with E-state index in [1.54, 1.807) is 18.6 Å². The van der Waals surface area contributed by atoms with Gasteiger partial charge in [0.05, 0.1) is 12.5 Å². The van der Waals surface area contributed by atoms with Crippen LogP contribution in [0.1, 0.15) is 5.56 Å². The molecule has 0 aliphatic heterocycles. The molecule has 3 N–H and O–H groups in total. The van der Waals surface area contributed by atoms with Crippen LogP contribution in [0.3, 0.4) is 0 Å². The van der Waals surface area contributed by atoms with E-state index in [9.17, 15) is 0 Å². The van der Waals surface area contributed by atoms with Gasteiger partial charge < -0.3 is 15.5 Å².